The summed E-state index contributed by atoms with van der Waals surface area (Å²) in [4.78, 5) is 11.5. The van der Waals surface area contributed by atoms with Crippen LogP contribution in [0.15, 0.2) is 125 Å². The van der Waals surface area contributed by atoms with Gasteiger partial charge in [0, 0.05) is 18.2 Å². The Hall–Kier alpha value is -4.83. The predicted octanol–water partition coefficient (Wildman–Crippen LogP) is 9.83. The zero-order chi connectivity index (χ0) is 29.6. The molecule has 4 nitrogen and oxygen atoms in total. The molecule has 0 spiro atoms. The van der Waals surface area contributed by atoms with Gasteiger partial charge >= 0.3 is 0 Å². The molecule has 0 atom stereocenters. The maximum absolute atomic E-state index is 8.76. The van der Waals surface area contributed by atoms with Crippen LogP contribution in [0.1, 0.15) is 27.7 Å². The maximum atomic E-state index is 8.76. The fraction of sp³-hybridized carbons (Fsp3) is 0.184. The lowest BCUT2D eigenvalue weighted by Crippen LogP contribution is -2.37. The first-order valence-electron chi connectivity index (χ1n) is 14.7. The van der Waals surface area contributed by atoms with E-state index >= 15 is 0 Å². The van der Waals surface area contributed by atoms with Crippen LogP contribution in [0.3, 0.4) is 0 Å². The number of anilines is 1. The van der Waals surface area contributed by atoms with E-state index in [9.17, 15) is 0 Å². The van der Waals surface area contributed by atoms with E-state index in [1.54, 1.807) is 7.05 Å². The highest BCUT2D eigenvalue weighted by Crippen LogP contribution is 2.44. The number of hydrogen-bond acceptors (Lipinski definition) is 3. The maximum Gasteiger partial charge on any atom is 0.159 e. The van der Waals surface area contributed by atoms with E-state index in [-0.39, 0.29) is 0 Å². The number of nitrogens with one attached hydrogen (secondary N) is 1. The number of rotatable bonds is 6. The average Bonchev–Trinajstić information content (AvgIpc) is 3.54. The van der Waals surface area contributed by atoms with Crippen LogP contribution in [0, 0.1) is 11.3 Å². The lowest BCUT2D eigenvalue weighted by atomic mass is 9.90. The van der Waals surface area contributed by atoms with Crippen LogP contribution in [0.5, 0.6) is 0 Å². The van der Waals surface area contributed by atoms with Gasteiger partial charge in [-0.2, -0.15) is 0 Å². The van der Waals surface area contributed by atoms with Gasteiger partial charge < -0.3 is 0 Å². The molecule has 42 heavy (non-hydrogen) atoms. The number of amidine groups is 1. The van der Waals surface area contributed by atoms with Gasteiger partial charge in [-0.05, 0) is 44.2 Å². The minimum absolute atomic E-state index is 0.302. The third kappa shape index (κ3) is 5.16. The van der Waals surface area contributed by atoms with Crippen LogP contribution < -0.4 is 4.90 Å². The molecule has 0 radical (unpaired) electrons. The van der Waals surface area contributed by atoms with E-state index in [0.29, 0.717) is 18.3 Å². The SMILES string of the molecule is CC.CN=C(C1=NCC=C1C(C)C)N(C=N)c1c(-c2cccc3ccccc23)cccc1-c1cccc2ccccc12. The van der Waals surface area contributed by atoms with Crippen molar-refractivity contribution in [1.82, 2.24) is 0 Å². The third-order valence-electron chi connectivity index (χ3n) is 7.67. The lowest BCUT2D eigenvalue weighted by molar-refractivity contribution is 0.806. The van der Waals surface area contributed by atoms with Gasteiger partial charge in [-0.25, -0.2) is 0 Å². The van der Waals surface area contributed by atoms with Gasteiger partial charge in [0.1, 0.15) is 5.71 Å². The van der Waals surface area contributed by atoms with Crippen molar-refractivity contribution in [2.45, 2.75) is 27.7 Å². The third-order valence-corrected chi connectivity index (χ3v) is 7.67. The van der Waals surface area contributed by atoms with Crippen LogP contribution in [0.2, 0.25) is 0 Å². The minimum atomic E-state index is 0.302. The van der Waals surface area contributed by atoms with Gasteiger partial charge in [-0.15, -0.1) is 0 Å². The first-order valence-corrected chi connectivity index (χ1v) is 14.7. The first kappa shape index (κ1) is 28.7. The van der Waals surface area contributed by atoms with Gasteiger partial charge in [-0.1, -0.05) is 137 Å². The summed E-state index contributed by atoms with van der Waals surface area (Å²) in [7, 11) is 1.79. The normalized spacial score (nSPS) is 13.0. The molecule has 1 aliphatic heterocycles. The van der Waals surface area contributed by atoms with E-state index in [2.05, 4.69) is 123 Å². The number of fused-ring (bicyclic) bond motifs is 2. The molecule has 210 valence electrons. The van der Waals surface area contributed by atoms with E-state index in [4.69, 9.17) is 15.4 Å². The van der Waals surface area contributed by atoms with Gasteiger partial charge in [0.25, 0.3) is 0 Å². The van der Waals surface area contributed by atoms with Crippen molar-refractivity contribution in [3.63, 3.8) is 0 Å². The highest BCUT2D eigenvalue weighted by Gasteiger charge is 2.28. The number of hydrogen-bond donors (Lipinski definition) is 1. The molecule has 0 aliphatic carbocycles. The van der Waals surface area contributed by atoms with E-state index in [1.807, 2.05) is 18.7 Å². The van der Waals surface area contributed by atoms with E-state index in [1.165, 1.54) is 33.5 Å². The van der Waals surface area contributed by atoms with Crippen LogP contribution >= 0.6 is 0 Å². The van der Waals surface area contributed by atoms with Crippen molar-refractivity contribution in [3.8, 4) is 22.3 Å². The minimum Gasteiger partial charge on any atom is -0.291 e. The Morgan fingerprint density at radius 2 is 1.21 bits per heavy atom. The van der Waals surface area contributed by atoms with Crippen molar-refractivity contribution < 1.29 is 0 Å². The Bertz CT molecular complexity index is 1730. The fourth-order valence-corrected chi connectivity index (χ4v) is 5.85. The number of benzene rings is 5. The molecular formula is C38H38N4. The quantitative estimate of drug-likeness (QED) is 0.166. The molecule has 0 bridgehead atoms. The number of para-hydroxylation sites is 1. The molecule has 0 amide bonds. The van der Waals surface area contributed by atoms with Gasteiger partial charge in [0.05, 0.1) is 18.6 Å². The standard InChI is InChI=1S/C36H32N4.C2H6/c1-24(2)27-21-22-39-34(27)36(38-3)40(23-37)35-32(30-17-8-13-25-11-4-6-15-28(25)30)19-10-20-33(35)31-18-9-14-26-12-5-7-16-29(26)31;1-2/h4-21,23-24,37H,22H2,1-3H3;1-2H3. The van der Waals surface area contributed by atoms with Gasteiger partial charge in [0.15, 0.2) is 5.84 Å². The molecular weight excluding hydrogens is 512 g/mol. The van der Waals surface area contributed by atoms with Crippen LogP contribution in [-0.4, -0.2) is 31.5 Å². The molecule has 0 saturated carbocycles. The van der Waals surface area contributed by atoms with Crippen LogP contribution in [0.4, 0.5) is 5.69 Å². The Morgan fingerprint density at radius 1 is 0.738 bits per heavy atom. The van der Waals surface area contributed by atoms with Crippen molar-refractivity contribution in [2.24, 2.45) is 15.9 Å². The molecule has 5 aromatic carbocycles. The summed E-state index contributed by atoms with van der Waals surface area (Å²) in [5, 5.41) is 13.5. The molecule has 6 rings (SSSR count). The summed E-state index contributed by atoms with van der Waals surface area (Å²) in [6.07, 6.45) is 3.56. The molecule has 4 heteroatoms. The molecule has 0 saturated heterocycles. The van der Waals surface area contributed by atoms with Gasteiger partial charge in [-0.3, -0.25) is 20.3 Å². The van der Waals surface area contributed by atoms with Crippen LogP contribution in [-0.2, 0) is 0 Å². The topological polar surface area (TPSA) is 51.8 Å². The van der Waals surface area contributed by atoms with E-state index in [0.717, 1.165) is 33.7 Å². The predicted molar refractivity (Wildman–Crippen MR) is 184 cm³/mol. The van der Waals surface area contributed by atoms with E-state index < -0.39 is 0 Å². The van der Waals surface area contributed by atoms with Crippen molar-refractivity contribution in [1.29, 1.82) is 5.41 Å². The lowest BCUT2D eigenvalue weighted by Gasteiger charge is -2.28. The highest BCUT2D eigenvalue weighted by molar-refractivity contribution is 6.55. The molecule has 0 aromatic heterocycles. The Labute approximate surface area is 249 Å². The molecule has 1 aliphatic rings. The van der Waals surface area contributed by atoms with Crippen molar-refractivity contribution in [3.05, 3.63) is 115 Å². The summed E-state index contributed by atoms with van der Waals surface area (Å²) < 4.78 is 0. The Morgan fingerprint density at radius 3 is 1.71 bits per heavy atom. The average molecular weight is 551 g/mol. The number of aliphatic imine (C=N–C) groups is 2. The van der Waals surface area contributed by atoms with Crippen molar-refractivity contribution >= 4 is 45.1 Å². The second kappa shape index (κ2) is 12.8. The van der Waals surface area contributed by atoms with Gasteiger partial charge in [0.2, 0.25) is 0 Å². The molecule has 0 unspecified atom stereocenters. The zero-order valence-corrected chi connectivity index (χ0v) is 25.1. The second-order valence-electron chi connectivity index (χ2n) is 10.3. The smallest absolute Gasteiger partial charge is 0.159 e. The first-order chi connectivity index (χ1) is 20.6. The fourth-order valence-electron chi connectivity index (χ4n) is 5.85. The van der Waals surface area contributed by atoms with Crippen LogP contribution in [0.25, 0.3) is 43.8 Å². The second-order valence-corrected chi connectivity index (χ2v) is 10.3. The summed E-state index contributed by atoms with van der Waals surface area (Å²) in [6, 6.07) is 36.2. The summed E-state index contributed by atoms with van der Waals surface area (Å²) >= 11 is 0. The zero-order valence-electron chi connectivity index (χ0n) is 25.1. The largest absolute Gasteiger partial charge is 0.291 e. The highest BCUT2D eigenvalue weighted by atomic mass is 15.2. The molecule has 5 aromatic rings. The molecule has 1 N–H and O–H groups in total. The number of nitrogens with zero attached hydrogens (tertiary/aromatic N) is 3. The summed E-state index contributed by atoms with van der Waals surface area (Å²) in [5.41, 5.74) is 7.26. The van der Waals surface area contributed by atoms with Crippen molar-refractivity contribution in [2.75, 3.05) is 18.5 Å². The Balaban J connectivity index is 0.00000173. The summed E-state index contributed by atoms with van der Waals surface area (Å²) in [6.45, 7) is 9.00. The molecule has 1 heterocycles. The molecule has 0 fully saturated rings. The Kier molecular flexibility index (Phi) is 8.73. The monoisotopic (exact) mass is 550 g/mol. The summed E-state index contributed by atoms with van der Waals surface area (Å²) in [5.74, 6) is 0.984.